The third kappa shape index (κ3) is 2.82. The van der Waals surface area contributed by atoms with Gasteiger partial charge in [-0.3, -0.25) is 4.90 Å². The van der Waals surface area contributed by atoms with E-state index < -0.39 is 0 Å². The zero-order valence-electron chi connectivity index (χ0n) is 11.9. The molecule has 0 aliphatic carbocycles. The van der Waals surface area contributed by atoms with Crippen molar-refractivity contribution in [3.05, 3.63) is 28.0 Å². The Morgan fingerprint density at radius 3 is 2.60 bits per heavy atom. The zero-order valence-corrected chi connectivity index (χ0v) is 14.3. The predicted octanol–water partition coefficient (Wildman–Crippen LogP) is 2.75. The highest BCUT2D eigenvalue weighted by Crippen LogP contribution is 2.32. The van der Waals surface area contributed by atoms with Gasteiger partial charge in [0.2, 0.25) is 0 Å². The number of likely N-dealkylation sites (N-methyl/N-ethyl adjacent to an activating group) is 1. The van der Waals surface area contributed by atoms with Crippen LogP contribution in [0.25, 0.3) is 0 Å². The molecule has 1 aliphatic heterocycles. The molecule has 0 atom stereocenters. The summed E-state index contributed by atoms with van der Waals surface area (Å²) in [7, 11) is 2.10. The van der Waals surface area contributed by atoms with Gasteiger partial charge in [-0.1, -0.05) is 12.2 Å². The highest BCUT2D eigenvalue weighted by atomic mass is 79.9. The van der Waals surface area contributed by atoms with Crippen LogP contribution in [0.2, 0.25) is 0 Å². The van der Waals surface area contributed by atoms with E-state index in [1.54, 1.807) is 12.1 Å². The molecule has 0 bridgehead atoms. The van der Waals surface area contributed by atoms with E-state index in [1.807, 2.05) is 0 Å². The van der Waals surface area contributed by atoms with Crippen LogP contribution in [0.1, 0.15) is 19.4 Å². The van der Waals surface area contributed by atoms with Gasteiger partial charge in [0, 0.05) is 30.7 Å². The van der Waals surface area contributed by atoms with Crippen LogP contribution >= 0.6 is 28.1 Å². The Kier molecular flexibility index (Phi) is 4.37. The number of hydrogen-bond donors (Lipinski definition) is 1. The molecule has 1 heterocycles. The molecular formula is C14H19BrFN3S. The second kappa shape index (κ2) is 5.58. The fourth-order valence-electron chi connectivity index (χ4n) is 2.42. The highest BCUT2D eigenvalue weighted by Gasteiger charge is 2.32. The fourth-order valence-corrected chi connectivity index (χ4v) is 3.27. The molecule has 1 aliphatic rings. The Morgan fingerprint density at radius 1 is 1.40 bits per heavy atom. The van der Waals surface area contributed by atoms with E-state index in [-0.39, 0.29) is 16.3 Å². The number of halogens is 2. The molecule has 0 aromatic heterocycles. The Morgan fingerprint density at radius 2 is 2.05 bits per heavy atom. The van der Waals surface area contributed by atoms with Gasteiger partial charge in [0.25, 0.3) is 0 Å². The quantitative estimate of drug-likeness (QED) is 0.823. The Hall–Kier alpha value is -0.720. The third-order valence-electron chi connectivity index (χ3n) is 3.98. The molecule has 0 spiro atoms. The summed E-state index contributed by atoms with van der Waals surface area (Å²) < 4.78 is 14.9. The summed E-state index contributed by atoms with van der Waals surface area (Å²) in [5.74, 6) is -0.296. The van der Waals surface area contributed by atoms with E-state index in [4.69, 9.17) is 18.0 Å². The van der Waals surface area contributed by atoms with E-state index in [2.05, 4.69) is 46.6 Å². The first-order valence-corrected chi connectivity index (χ1v) is 7.68. The molecule has 3 nitrogen and oxygen atoms in total. The summed E-state index contributed by atoms with van der Waals surface area (Å²) in [5, 5.41) is 0. The van der Waals surface area contributed by atoms with E-state index >= 15 is 0 Å². The normalized spacial score (nSPS) is 19.1. The lowest BCUT2D eigenvalue weighted by atomic mass is 9.99. The Balaban J connectivity index is 2.35. The molecule has 2 N–H and O–H groups in total. The van der Waals surface area contributed by atoms with Crippen LogP contribution in [0.3, 0.4) is 0 Å². The average Bonchev–Trinajstić information content (AvgIpc) is 2.35. The summed E-state index contributed by atoms with van der Waals surface area (Å²) in [5.41, 5.74) is 6.73. The molecule has 1 fully saturated rings. The molecular weight excluding hydrogens is 341 g/mol. The molecule has 0 amide bonds. The third-order valence-corrected chi connectivity index (χ3v) is 4.98. The molecule has 1 aromatic rings. The fraction of sp³-hybridized carbons (Fsp3) is 0.500. The van der Waals surface area contributed by atoms with Crippen LogP contribution in [0, 0.1) is 5.82 Å². The first-order valence-electron chi connectivity index (χ1n) is 6.48. The zero-order chi connectivity index (χ0) is 15.1. The monoisotopic (exact) mass is 359 g/mol. The maximum absolute atomic E-state index is 14.5. The summed E-state index contributed by atoms with van der Waals surface area (Å²) in [6.07, 6.45) is 0. The van der Waals surface area contributed by atoms with Crippen LogP contribution in [-0.4, -0.2) is 42.1 Å². The molecule has 2 rings (SSSR count). The van der Waals surface area contributed by atoms with Gasteiger partial charge in [0.05, 0.1) is 10.2 Å². The molecule has 0 saturated carbocycles. The predicted molar refractivity (Wildman–Crippen MR) is 88.9 cm³/mol. The Bertz CT molecular complexity index is 547. The second-order valence-electron chi connectivity index (χ2n) is 5.78. The van der Waals surface area contributed by atoms with Gasteiger partial charge < -0.3 is 10.6 Å². The molecule has 0 radical (unpaired) electrons. The average molecular weight is 360 g/mol. The van der Waals surface area contributed by atoms with Crippen LogP contribution < -0.4 is 10.6 Å². The van der Waals surface area contributed by atoms with Gasteiger partial charge in [0.15, 0.2) is 5.82 Å². The van der Waals surface area contributed by atoms with Gasteiger partial charge >= 0.3 is 0 Å². The first kappa shape index (κ1) is 15.7. The van der Waals surface area contributed by atoms with E-state index in [1.165, 1.54) is 0 Å². The van der Waals surface area contributed by atoms with Crippen molar-refractivity contribution < 1.29 is 4.39 Å². The molecule has 1 saturated heterocycles. The standard InChI is InChI=1S/C14H19BrFN3S/c1-14(2)8-19(7-6-18(14)3)10-5-4-9(13(17)20)11(15)12(10)16/h4-5H,6-8H2,1-3H3,(H2,17,20). The number of hydrogen-bond acceptors (Lipinski definition) is 3. The molecule has 1 aromatic carbocycles. The van der Waals surface area contributed by atoms with E-state index in [0.29, 0.717) is 15.7 Å². The minimum Gasteiger partial charge on any atom is -0.389 e. The van der Waals surface area contributed by atoms with Crippen LogP contribution in [0.4, 0.5) is 10.1 Å². The maximum atomic E-state index is 14.5. The van der Waals surface area contributed by atoms with Crippen molar-refractivity contribution in [3.63, 3.8) is 0 Å². The number of nitrogens with zero attached hydrogens (tertiary/aromatic N) is 2. The van der Waals surface area contributed by atoms with Crippen molar-refractivity contribution in [1.82, 2.24) is 4.90 Å². The number of thiocarbonyl (C=S) groups is 1. The van der Waals surface area contributed by atoms with Gasteiger partial charge in [-0.15, -0.1) is 0 Å². The maximum Gasteiger partial charge on any atom is 0.161 e. The summed E-state index contributed by atoms with van der Waals surface area (Å²) in [4.78, 5) is 4.56. The van der Waals surface area contributed by atoms with Gasteiger partial charge in [-0.05, 0) is 49.0 Å². The molecule has 110 valence electrons. The van der Waals surface area contributed by atoms with E-state index in [9.17, 15) is 4.39 Å². The summed E-state index contributed by atoms with van der Waals surface area (Å²) in [6.45, 7) is 6.81. The van der Waals surface area contributed by atoms with E-state index in [0.717, 1.165) is 19.6 Å². The van der Waals surface area contributed by atoms with Crippen molar-refractivity contribution >= 4 is 38.8 Å². The number of nitrogens with two attached hydrogens (primary N) is 1. The largest absolute Gasteiger partial charge is 0.389 e. The molecule has 6 heteroatoms. The highest BCUT2D eigenvalue weighted by molar-refractivity contribution is 9.10. The molecule has 20 heavy (non-hydrogen) atoms. The van der Waals surface area contributed by atoms with Crippen molar-refractivity contribution in [2.45, 2.75) is 19.4 Å². The van der Waals surface area contributed by atoms with Crippen LogP contribution in [-0.2, 0) is 0 Å². The minimum absolute atomic E-state index is 0.0129. The van der Waals surface area contributed by atoms with Crippen LogP contribution in [0.5, 0.6) is 0 Å². The van der Waals surface area contributed by atoms with Gasteiger partial charge in [0.1, 0.15) is 4.99 Å². The van der Waals surface area contributed by atoms with Crippen molar-refractivity contribution in [2.24, 2.45) is 5.73 Å². The molecule has 0 unspecified atom stereocenters. The summed E-state index contributed by atoms with van der Waals surface area (Å²) >= 11 is 8.18. The number of benzene rings is 1. The number of piperazine rings is 1. The van der Waals surface area contributed by atoms with Crippen LogP contribution in [0.15, 0.2) is 16.6 Å². The number of rotatable bonds is 2. The lowest BCUT2D eigenvalue weighted by Crippen LogP contribution is -2.57. The minimum atomic E-state index is -0.296. The first-order chi connectivity index (χ1) is 9.24. The SMILES string of the molecule is CN1CCN(c2ccc(C(N)=S)c(Br)c2F)CC1(C)C. The van der Waals surface area contributed by atoms with Crippen molar-refractivity contribution in [3.8, 4) is 0 Å². The lowest BCUT2D eigenvalue weighted by molar-refractivity contribution is 0.138. The second-order valence-corrected chi connectivity index (χ2v) is 7.01. The lowest BCUT2D eigenvalue weighted by Gasteiger charge is -2.46. The van der Waals surface area contributed by atoms with Gasteiger partial charge in [-0.25, -0.2) is 4.39 Å². The van der Waals surface area contributed by atoms with Crippen molar-refractivity contribution in [1.29, 1.82) is 0 Å². The smallest absolute Gasteiger partial charge is 0.161 e. The van der Waals surface area contributed by atoms with Gasteiger partial charge in [-0.2, -0.15) is 0 Å². The summed E-state index contributed by atoms with van der Waals surface area (Å²) in [6, 6.07) is 3.53. The number of anilines is 1. The van der Waals surface area contributed by atoms with Crippen molar-refractivity contribution in [2.75, 3.05) is 31.6 Å². The topological polar surface area (TPSA) is 32.5 Å². The Labute approximate surface area is 133 Å².